The largest absolute Gasteiger partial charge is 0.497 e. The molecule has 0 spiro atoms. The summed E-state index contributed by atoms with van der Waals surface area (Å²) in [4.78, 5) is 32.5. The first-order valence-electron chi connectivity index (χ1n) is 8.82. The molecule has 3 heterocycles. The molecule has 0 atom stereocenters. The fourth-order valence-electron chi connectivity index (χ4n) is 3.48. The number of aromatic nitrogens is 5. The van der Waals surface area contributed by atoms with Gasteiger partial charge < -0.3 is 9.47 Å². The minimum atomic E-state index is -0.307. The van der Waals surface area contributed by atoms with Crippen molar-refractivity contribution in [1.29, 1.82) is 0 Å². The first-order chi connectivity index (χ1) is 13.3. The number of rotatable bonds is 4. The third-order valence-corrected chi connectivity index (χ3v) is 4.85. The number of benzene rings is 1. The smallest absolute Gasteiger partial charge is 0.327 e. The normalized spacial score (nSPS) is 11.6. The van der Waals surface area contributed by atoms with Crippen LogP contribution in [0.3, 0.4) is 0 Å². The van der Waals surface area contributed by atoms with E-state index in [1.807, 2.05) is 13.8 Å². The van der Waals surface area contributed by atoms with Crippen LogP contribution in [0.1, 0.15) is 19.9 Å². The number of H-pyrrole nitrogens is 2. The van der Waals surface area contributed by atoms with Crippen LogP contribution >= 0.6 is 0 Å². The highest BCUT2D eigenvalue weighted by atomic mass is 16.5. The van der Waals surface area contributed by atoms with Crippen LogP contribution in [0.25, 0.3) is 33.3 Å². The molecule has 0 fully saturated rings. The van der Waals surface area contributed by atoms with Gasteiger partial charge in [0.1, 0.15) is 11.5 Å². The molecule has 0 bridgehead atoms. The molecule has 0 saturated carbocycles. The molecule has 0 aliphatic carbocycles. The SMILES string of the molecule is COc1cc(OC)cc(-c2c3c(=O)[nH]n(C(C)C)c3nc3[nH]c(=O)n(C)c23)c1. The van der Waals surface area contributed by atoms with E-state index in [0.29, 0.717) is 44.8 Å². The first-order valence-corrected chi connectivity index (χ1v) is 8.82. The highest BCUT2D eigenvalue weighted by Gasteiger charge is 2.23. The van der Waals surface area contributed by atoms with E-state index in [0.717, 1.165) is 0 Å². The number of nitrogens with zero attached hydrogens (tertiary/aromatic N) is 3. The molecule has 4 rings (SSSR count). The van der Waals surface area contributed by atoms with Crippen LogP contribution in [-0.4, -0.2) is 38.5 Å². The third-order valence-electron chi connectivity index (χ3n) is 4.85. The lowest BCUT2D eigenvalue weighted by Crippen LogP contribution is -2.12. The Kier molecular flexibility index (Phi) is 4.02. The number of hydrogen-bond donors (Lipinski definition) is 2. The minimum Gasteiger partial charge on any atom is -0.497 e. The van der Waals surface area contributed by atoms with E-state index in [2.05, 4.69) is 15.1 Å². The number of pyridine rings is 1. The molecule has 3 aromatic heterocycles. The van der Waals surface area contributed by atoms with Crippen molar-refractivity contribution in [1.82, 2.24) is 24.3 Å². The maximum atomic E-state index is 12.9. The third kappa shape index (κ3) is 2.50. The highest BCUT2D eigenvalue weighted by molar-refractivity contribution is 6.06. The Morgan fingerprint density at radius 2 is 1.71 bits per heavy atom. The fraction of sp³-hybridized carbons (Fsp3) is 0.316. The molecule has 0 aliphatic heterocycles. The summed E-state index contributed by atoms with van der Waals surface area (Å²) in [5.41, 5.74) is 2.13. The zero-order chi connectivity index (χ0) is 20.2. The predicted octanol–water partition coefficient (Wildman–Crippen LogP) is 2.17. The maximum absolute atomic E-state index is 12.9. The summed E-state index contributed by atoms with van der Waals surface area (Å²) in [5, 5.41) is 3.26. The zero-order valence-electron chi connectivity index (χ0n) is 16.3. The van der Waals surface area contributed by atoms with E-state index in [1.165, 1.54) is 4.57 Å². The molecule has 0 radical (unpaired) electrons. The standard InChI is InChI=1S/C19H21N5O4/c1-9(2)24-17-14(18(25)22-24)13(15-16(20-17)21-19(26)23(15)3)10-6-11(27-4)8-12(7-10)28-5/h6-9H,1-5H3,(H,22,25)(H,20,21,26). The topological polar surface area (TPSA) is 107 Å². The van der Waals surface area contributed by atoms with Gasteiger partial charge in [-0.15, -0.1) is 0 Å². The van der Waals surface area contributed by atoms with E-state index in [1.54, 1.807) is 44.1 Å². The number of hydrogen-bond acceptors (Lipinski definition) is 5. The van der Waals surface area contributed by atoms with Gasteiger partial charge in [-0.2, -0.15) is 0 Å². The van der Waals surface area contributed by atoms with Gasteiger partial charge in [0.25, 0.3) is 5.56 Å². The lowest BCUT2D eigenvalue weighted by molar-refractivity contribution is 0.394. The lowest BCUT2D eigenvalue weighted by atomic mass is 10.0. The van der Waals surface area contributed by atoms with Crippen LogP contribution in [0.4, 0.5) is 0 Å². The average molecular weight is 383 g/mol. The van der Waals surface area contributed by atoms with Crippen molar-refractivity contribution in [2.75, 3.05) is 14.2 Å². The second-order valence-corrected chi connectivity index (χ2v) is 6.88. The molecular weight excluding hydrogens is 362 g/mol. The molecule has 146 valence electrons. The summed E-state index contributed by atoms with van der Waals surface area (Å²) in [6.07, 6.45) is 0. The van der Waals surface area contributed by atoms with Gasteiger partial charge in [-0.05, 0) is 31.5 Å². The monoisotopic (exact) mass is 383 g/mol. The fourth-order valence-corrected chi connectivity index (χ4v) is 3.48. The molecule has 4 aromatic rings. The minimum absolute atomic E-state index is 0.0155. The van der Waals surface area contributed by atoms with E-state index in [4.69, 9.17) is 9.47 Å². The number of aromatic amines is 2. The maximum Gasteiger partial charge on any atom is 0.327 e. The molecule has 0 unspecified atom stereocenters. The summed E-state index contributed by atoms with van der Waals surface area (Å²) in [6.45, 7) is 3.90. The van der Waals surface area contributed by atoms with Crippen molar-refractivity contribution in [3.8, 4) is 22.6 Å². The molecule has 1 aromatic carbocycles. The molecule has 0 amide bonds. The van der Waals surface area contributed by atoms with Crippen LogP contribution in [-0.2, 0) is 7.05 Å². The number of imidazole rings is 1. The summed E-state index contributed by atoms with van der Waals surface area (Å²) >= 11 is 0. The zero-order valence-corrected chi connectivity index (χ0v) is 16.3. The van der Waals surface area contributed by atoms with Crippen molar-refractivity contribution in [2.45, 2.75) is 19.9 Å². The number of aryl methyl sites for hydroxylation is 1. The number of methoxy groups -OCH3 is 2. The second kappa shape index (κ2) is 6.29. The Balaban J connectivity index is 2.25. The van der Waals surface area contributed by atoms with Gasteiger partial charge >= 0.3 is 5.69 Å². The number of ether oxygens (including phenoxy) is 2. The van der Waals surface area contributed by atoms with Gasteiger partial charge in [-0.3, -0.25) is 24.1 Å². The van der Waals surface area contributed by atoms with Crippen LogP contribution in [0, 0.1) is 0 Å². The summed E-state index contributed by atoms with van der Waals surface area (Å²) < 4.78 is 13.9. The number of nitrogens with one attached hydrogen (secondary N) is 2. The van der Waals surface area contributed by atoms with Gasteiger partial charge in [0.05, 0.1) is 25.1 Å². The summed E-state index contributed by atoms with van der Waals surface area (Å²) in [6, 6.07) is 5.35. The van der Waals surface area contributed by atoms with Gasteiger partial charge in [-0.1, -0.05) is 0 Å². The summed E-state index contributed by atoms with van der Waals surface area (Å²) in [7, 11) is 4.76. The Morgan fingerprint density at radius 1 is 1.07 bits per heavy atom. The van der Waals surface area contributed by atoms with Crippen LogP contribution in [0.15, 0.2) is 27.8 Å². The Labute approximate surface area is 159 Å². The van der Waals surface area contributed by atoms with Crippen LogP contribution in [0.2, 0.25) is 0 Å². The van der Waals surface area contributed by atoms with Crippen molar-refractivity contribution in [2.24, 2.45) is 7.05 Å². The molecule has 9 heteroatoms. The molecule has 9 nitrogen and oxygen atoms in total. The Hall–Kier alpha value is -3.49. The Bertz CT molecular complexity index is 1300. The van der Waals surface area contributed by atoms with Crippen molar-refractivity contribution < 1.29 is 9.47 Å². The van der Waals surface area contributed by atoms with Crippen LogP contribution in [0.5, 0.6) is 11.5 Å². The molecule has 0 saturated heterocycles. The Morgan fingerprint density at radius 3 is 2.29 bits per heavy atom. The highest BCUT2D eigenvalue weighted by Crippen LogP contribution is 2.36. The quantitative estimate of drug-likeness (QED) is 0.562. The lowest BCUT2D eigenvalue weighted by Gasteiger charge is -2.12. The molecule has 0 aliphatic rings. The first kappa shape index (κ1) is 17.9. The van der Waals surface area contributed by atoms with Crippen molar-refractivity contribution in [3.63, 3.8) is 0 Å². The average Bonchev–Trinajstić information content (AvgIpc) is 3.16. The van der Waals surface area contributed by atoms with Gasteiger partial charge in [-0.25, -0.2) is 9.78 Å². The van der Waals surface area contributed by atoms with Crippen LogP contribution < -0.4 is 20.7 Å². The van der Waals surface area contributed by atoms with Crippen molar-refractivity contribution in [3.05, 3.63) is 39.0 Å². The van der Waals surface area contributed by atoms with Gasteiger partial charge in [0.15, 0.2) is 11.3 Å². The van der Waals surface area contributed by atoms with Gasteiger partial charge in [0.2, 0.25) is 0 Å². The molecule has 28 heavy (non-hydrogen) atoms. The molecule has 2 N–H and O–H groups in total. The predicted molar refractivity (Wildman–Crippen MR) is 106 cm³/mol. The number of fused-ring (bicyclic) bond motifs is 2. The van der Waals surface area contributed by atoms with E-state index in [-0.39, 0.29) is 17.3 Å². The second-order valence-electron chi connectivity index (χ2n) is 6.88. The summed E-state index contributed by atoms with van der Waals surface area (Å²) in [5.74, 6) is 1.15. The van der Waals surface area contributed by atoms with E-state index < -0.39 is 0 Å². The van der Waals surface area contributed by atoms with E-state index >= 15 is 0 Å². The van der Waals surface area contributed by atoms with Gasteiger partial charge in [0, 0.05) is 24.7 Å². The van der Waals surface area contributed by atoms with E-state index in [9.17, 15) is 9.59 Å². The molecular formula is C19H21N5O4. The van der Waals surface area contributed by atoms with Crippen molar-refractivity contribution >= 4 is 22.2 Å².